The zero-order chi connectivity index (χ0) is 20.0. The second-order valence-corrected chi connectivity index (χ2v) is 7.40. The third kappa shape index (κ3) is 7.14. The second kappa shape index (κ2) is 10.5. The van der Waals surface area contributed by atoms with Crippen molar-refractivity contribution in [1.82, 2.24) is 15.5 Å². The van der Waals surface area contributed by atoms with Gasteiger partial charge in [-0.3, -0.25) is 4.99 Å². The van der Waals surface area contributed by atoms with Crippen LogP contribution in [0.4, 0.5) is 9.18 Å². The molecule has 28 heavy (non-hydrogen) atoms. The first-order valence-electron chi connectivity index (χ1n) is 8.85. The number of amides is 1. The number of alkyl carbamates (subject to hydrolysis) is 1. The van der Waals surface area contributed by atoms with Crippen LogP contribution in [0.5, 0.6) is 0 Å². The Morgan fingerprint density at radius 1 is 1.46 bits per heavy atom. The number of rotatable bonds is 3. The highest BCUT2D eigenvalue weighted by Crippen LogP contribution is 2.13. The van der Waals surface area contributed by atoms with Crippen molar-refractivity contribution in [1.29, 1.82) is 5.26 Å². The van der Waals surface area contributed by atoms with Crippen LogP contribution in [0.25, 0.3) is 0 Å². The van der Waals surface area contributed by atoms with Gasteiger partial charge in [-0.25, -0.2) is 9.18 Å². The van der Waals surface area contributed by atoms with E-state index < -0.39 is 17.5 Å². The van der Waals surface area contributed by atoms with E-state index in [1.54, 1.807) is 19.2 Å². The lowest BCUT2D eigenvalue weighted by Gasteiger charge is -2.23. The van der Waals surface area contributed by atoms with E-state index in [4.69, 9.17) is 10.00 Å². The van der Waals surface area contributed by atoms with E-state index in [0.29, 0.717) is 18.1 Å². The molecule has 1 aromatic rings. The topological polar surface area (TPSA) is 89.8 Å². The Balaban J connectivity index is 0.00000392. The molecule has 0 bridgehead atoms. The Kier molecular flexibility index (Phi) is 8.94. The number of benzene rings is 1. The van der Waals surface area contributed by atoms with Crippen molar-refractivity contribution in [2.24, 2.45) is 4.99 Å². The molecule has 0 radical (unpaired) electrons. The van der Waals surface area contributed by atoms with Gasteiger partial charge in [-0.1, -0.05) is 6.07 Å². The van der Waals surface area contributed by atoms with E-state index in [2.05, 4.69) is 15.6 Å². The first kappa shape index (κ1) is 23.9. The summed E-state index contributed by atoms with van der Waals surface area (Å²) in [6.45, 7) is 7.03. The monoisotopic (exact) mass is 503 g/mol. The molecule has 1 atom stereocenters. The van der Waals surface area contributed by atoms with E-state index in [-0.39, 0.29) is 42.1 Å². The summed E-state index contributed by atoms with van der Waals surface area (Å²) < 4.78 is 19.3. The van der Waals surface area contributed by atoms with Crippen molar-refractivity contribution >= 4 is 36.0 Å². The summed E-state index contributed by atoms with van der Waals surface area (Å²) in [5.74, 6) is 0.204. The van der Waals surface area contributed by atoms with E-state index in [9.17, 15) is 9.18 Å². The van der Waals surface area contributed by atoms with Gasteiger partial charge in [0.15, 0.2) is 5.96 Å². The van der Waals surface area contributed by atoms with Crippen molar-refractivity contribution < 1.29 is 13.9 Å². The molecule has 1 unspecified atom stereocenters. The Bertz CT molecular complexity index is 758. The van der Waals surface area contributed by atoms with Crippen molar-refractivity contribution in [3.05, 3.63) is 35.1 Å². The van der Waals surface area contributed by atoms with Gasteiger partial charge in [0.2, 0.25) is 0 Å². The van der Waals surface area contributed by atoms with Crippen molar-refractivity contribution in [3.63, 3.8) is 0 Å². The van der Waals surface area contributed by atoms with Crippen LogP contribution in [0, 0.1) is 17.1 Å². The minimum atomic E-state index is -0.537. The molecule has 1 aromatic carbocycles. The molecule has 1 amide bonds. The lowest BCUT2D eigenvalue weighted by Crippen LogP contribution is -2.44. The average molecular weight is 503 g/mol. The van der Waals surface area contributed by atoms with E-state index in [1.165, 1.54) is 6.07 Å². The maximum atomic E-state index is 14.0. The fourth-order valence-electron chi connectivity index (χ4n) is 2.81. The smallest absolute Gasteiger partial charge is 0.407 e. The average Bonchev–Trinajstić information content (AvgIpc) is 3.02. The van der Waals surface area contributed by atoms with E-state index in [1.807, 2.05) is 31.7 Å². The van der Waals surface area contributed by atoms with Gasteiger partial charge in [-0.05, 0) is 39.3 Å². The van der Waals surface area contributed by atoms with Crippen LogP contribution in [0.15, 0.2) is 23.2 Å². The lowest BCUT2D eigenvalue weighted by atomic mass is 10.1. The Morgan fingerprint density at radius 2 is 2.18 bits per heavy atom. The zero-order valence-corrected chi connectivity index (χ0v) is 18.9. The third-order valence-electron chi connectivity index (χ3n) is 4.04. The summed E-state index contributed by atoms with van der Waals surface area (Å²) in [5, 5.41) is 14.8. The van der Waals surface area contributed by atoms with Crippen LogP contribution in [0.1, 0.15) is 38.3 Å². The molecule has 1 aliphatic rings. The van der Waals surface area contributed by atoms with Gasteiger partial charge in [0.25, 0.3) is 0 Å². The Labute approximate surface area is 182 Å². The van der Waals surface area contributed by atoms with E-state index in [0.717, 1.165) is 13.0 Å². The number of hydrogen-bond donors (Lipinski definition) is 2. The maximum absolute atomic E-state index is 14.0. The highest BCUT2D eigenvalue weighted by Gasteiger charge is 2.27. The minimum absolute atomic E-state index is 0. The number of halogens is 2. The number of nitrogens with one attached hydrogen (secondary N) is 2. The van der Waals surface area contributed by atoms with Crippen molar-refractivity contribution in [2.75, 3.05) is 20.1 Å². The maximum Gasteiger partial charge on any atom is 0.407 e. The highest BCUT2D eigenvalue weighted by atomic mass is 127. The number of nitriles is 1. The van der Waals surface area contributed by atoms with E-state index >= 15 is 0 Å². The van der Waals surface area contributed by atoms with Crippen LogP contribution in [0.3, 0.4) is 0 Å². The van der Waals surface area contributed by atoms with Gasteiger partial charge >= 0.3 is 6.09 Å². The standard InChI is InChI=1S/C19H26FN5O2.HI/c1-19(2,3)27-18(26)24-15-7-8-25(12-15)17(22-4)23-11-14-6-5-13(10-21)9-16(14)20;/h5-6,9,15H,7-8,11-12H2,1-4H3,(H,22,23)(H,24,26);1H. The molecule has 1 aliphatic heterocycles. The SMILES string of the molecule is CN=C(NCc1ccc(C#N)cc1F)N1CCC(NC(=O)OC(C)(C)C)C1.I. The molecule has 2 rings (SSSR count). The summed E-state index contributed by atoms with van der Waals surface area (Å²) >= 11 is 0. The van der Waals surface area contributed by atoms with Crippen LogP contribution >= 0.6 is 24.0 Å². The number of carbonyl (C=O) groups excluding carboxylic acids is 1. The molecule has 1 fully saturated rings. The lowest BCUT2D eigenvalue weighted by molar-refractivity contribution is 0.0507. The number of hydrogen-bond acceptors (Lipinski definition) is 4. The number of carbonyl (C=O) groups is 1. The molecule has 1 heterocycles. The van der Waals surface area contributed by atoms with Gasteiger partial charge in [0.1, 0.15) is 11.4 Å². The van der Waals surface area contributed by atoms with Crippen LogP contribution in [-0.2, 0) is 11.3 Å². The molecule has 0 spiro atoms. The van der Waals surface area contributed by atoms with Crippen LogP contribution in [-0.4, -0.2) is 48.7 Å². The zero-order valence-electron chi connectivity index (χ0n) is 16.6. The molecule has 0 aliphatic carbocycles. The molecule has 2 N–H and O–H groups in total. The number of guanidine groups is 1. The molecule has 1 saturated heterocycles. The quantitative estimate of drug-likeness (QED) is 0.376. The third-order valence-corrected chi connectivity index (χ3v) is 4.04. The van der Waals surface area contributed by atoms with Gasteiger partial charge in [-0.15, -0.1) is 24.0 Å². The number of aliphatic imine (C=N–C) groups is 1. The number of ether oxygens (including phenoxy) is 1. The van der Waals surface area contributed by atoms with Gasteiger partial charge in [-0.2, -0.15) is 5.26 Å². The molecule has 154 valence electrons. The summed E-state index contributed by atoms with van der Waals surface area (Å²) in [5.41, 5.74) is 0.208. The molecule has 7 nitrogen and oxygen atoms in total. The fraction of sp³-hybridized carbons (Fsp3) is 0.526. The summed E-state index contributed by atoms with van der Waals surface area (Å²) in [4.78, 5) is 18.1. The van der Waals surface area contributed by atoms with Crippen LogP contribution in [0.2, 0.25) is 0 Å². The molecular weight excluding hydrogens is 476 g/mol. The first-order valence-corrected chi connectivity index (χ1v) is 8.85. The number of nitrogens with zero attached hydrogens (tertiary/aromatic N) is 3. The number of likely N-dealkylation sites (tertiary alicyclic amines) is 1. The van der Waals surface area contributed by atoms with Gasteiger partial charge in [0.05, 0.1) is 17.7 Å². The highest BCUT2D eigenvalue weighted by molar-refractivity contribution is 14.0. The second-order valence-electron chi connectivity index (χ2n) is 7.40. The molecule has 9 heteroatoms. The van der Waals surface area contributed by atoms with Crippen molar-refractivity contribution in [3.8, 4) is 6.07 Å². The van der Waals surface area contributed by atoms with Crippen molar-refractivity contribution in [2.45, 2.75) is 45.4 Å². The van der Waals surface area contributed by atoms with Gasteiger partial charge in [0, 0.05) is 32.2 Å². The predicted octanol–water partition coefficient (Wildman–Crippen LogP) is 2.99. The normalized spacial score (nSPS) is 16.8. The molecule has 0 saturated carbocycles. The predicted molar refractivity (Wildman–Crippen MR) is 116 cm³/mol. The Morgan fingerprint density at radius 3 is 2.75 bits per heavy atom. The largest absolute Gasteiger partial charge is 0.444 e. The summed E-state index contributed by atoms with van der Waals surface area (Å²) in [6.07, 6.45) is 0.336. The minimum Gasteiger partial charge on any atom is -0.444 e. The van der Waals surface area contributed by atoms with Gasteiger partial charge < -0.3 is 20.3 Å². The Hall–Kier alpha value is -2.09. The summed E-state index contributed by atoms with van der Waals surface area (Å²) in [6, 6.07) is 6.27. The first-order chi connectivity index (χ1) is 12.7. The summed E-state index contributed by atoms with van der Waals surface area (Å²) in [7, 11) is 1.66. The molecule has 0 aromatic heterocycles. The van der Waals surface area contributed by atoms with Crippen LogP contribution < -0.4 is 10.6 Å². The fourth-order valence-corrected chi connectivity index (χ4v) is 2.81. The molecular formula is C19H27FIN5O2.